The maximum atomic E-state index is 5.97. The van der Waals surface area contributed by atoms with Gasteiger partial charge >= 0.3 is 0 Å². The van der Waals surface area contributed by atoms with Crippen molar-refractivity contribution in [1.82, 2.24) is 39.5 Å². The van der Waals surface area contributed by atoms with Crippen molar-refractivity contribution in [3.8, 4) is 0 Å². The Labute approximate surface area is 183 Å². The molecular weight excluding hydrogens is 458 g/mol. The topological polar surface area (TPSA) is 98.1 Å². The molecule has 0 spiro atoms. The van der Waals surface area contributed by atoms with Crippen molar-refractivity contribution in [2.75, 3.05) is 0 Å². The van der Waals surface area contributed by atoms with Crippen molar-refractivity contribution in [2.45, 2.75) is 6.54 Å². The number of benzene rings is 1. The van der Waals surface area contributed by atoms with Crippen molar-refractivity contribution in [2.24, 2.45) is 0 Å². The molecule has 5 rings (SSSR count). The van der Waals surface area contributed by atoms with Crippen LogP contribution < -0.4 is 0 Å². The van der Waals surface area contributed by atoms with Crippen LogP contribution in [0.4, 0.5) is 0 Å². The normalized spacial score (nSPS) is 10.9. The summed E-state index contributed by atoms with van der Waals surface area (Å²) in [7, 11) is 0. The second-order valence-electron chi connectivity index (χ2n) is 5.70. The minimum absolute atomic E-state index is 0.106. The van der Waals surface area contributed by atoms with Crippen LogP contribution in [0.5, 0.6) is 0 Å². The van der Waals surface area contributed by atoms with E-state index in [2.05, 4.69) is 34.9 Å². The van der Waals surface area contributed by atoms with Crippen LogP contribution in [-0.4, -0.2) is 39.5 Å². The number of halogens is 4. The number of imidazole rings is 2. The predicted octanol–water partition coefficient (Wildman–Crippen LogP) is 4.84. The molecule has 0 aliphatic rings. The van der Waals surface area contributed by atoms with Crippen molar-refractivity contribution in [3.63, 3.8) is 0 Å². The quantitative estimate of drug-likeness (QED) is 0.294. The van der Waals surface area contributed by atoms with Gasteiger partial charge in [0.2, 0.25) is 10.6 Å². The Morgan fingerprint density at radius 3 is 2.34 bits per heavy atom. The summed E-state index contributed by atoms with van der Waals surface area (Å²) < 4.78 is 1.89. The molecule has 8 nitrogen and oxygen atoms in total. The minimum atomic E-state index is 0.106. The van der Waals surface area contributed by atoms with E-state index in [1.165, 1.54) is 6.33 Å². The van der Waals surface area contributed by atoms with Crippen LogP contribution in [0.1, 0.15) is 5.56 Å². The van der Waals surface area contributed by atoms with Crippen LogP contribution in [0.2, 0.25) is 20.9 Å². The molecule has 146 valence electrons. The predicted molar refractivity (Wildman–Crippen MR) is 113 cm³/mol. The molecule has 0 aliphatic heterocycles. The van der Waals surface area contributed by atoms with Crippen LogP contribution >= 0.6 is 46.4 Å². The van der Waals surface area contributed by atoms with Crippen LogP contribution in [0, 0.1) is 0 Å². The number of hydrogen-bond donors (Lipinski definition) is 1. The first-order valence-corrected chi connectivity index (χ1v) is 9.62. The van der Waals surface area contributed by atoms with Gasteiger partial charge in [0, 0.05) is 0 Å². The molecule has 12 heteroatoms. The average Bonchev–Trinajstić information content (AvgIpc) is 3.31. The molecule has 0 atom stereocenters. The lowest BCUT2D eigenvalue weighted by Crippen LogP contribution is -1.99. The molecule has 0 saturated carbocycles. The molecule has 1 N–H and O–H groups in total. The lowest BCUT2D eigenvalue weighted by Gasteiger charge is -2.03. The van der Waals surface area contributed by atoms with Gasteiger partial charge in [0.15, 0.2) is 21.6 Å². The first-order chi connectivity index (χ1) is 14.0. The molecule has 29 heavy (non-hydrogen) atoms. The Bertz CT molecular complexity index is 1290. The standard InChI is InChI=1S/C12H8Cl2N4.C5H2Cl2N4/c13-10-9-11(17-12(14)16-10)18(7-15-9)6-8-4-2-1-3-5-8;6-3-2-4(9-1-8-2)11-5(7)10-3/h1-5,7H,6H2;1H,(H,8,9,10,11). The number of H-pyrrole nitrogens is 1. The van der Waals surface area contributed by atoms with E-state index in [9.17, 15) is 0 Å². The number of nitrogens with zero attached hydrogens (tertiary/aromatic N) is 7. The van der Waals surface area contributed by atoms with E-state index >= 15 is 0 Å². The molecule has 0 unspecified atom stereocenters. The third-order valence-electron chi connectivity index (χ3n) is 3.80. The van der Waals surface area contributed by atoms with Crippen molar-refractivity contribution < 1.29 is 0 Å². The lowest BCUT2D eigenvalue weighted by atomic mass is 10.2. The van der Waals surface area contributed by atoms with E-state index in [1.807, 2.05) is 34.9 Å². The number of nitrogens with one attached hydrogen (secondary N) is 1. The molecule has 0 aliphatic carbocycles. The minimum Gasteiger partial charge on any atom is -0.341 e. The zero-order valence-electron chi connectivity index (χ0n) is 14.4. The van der Waals surface area contributed by atoms with Gasteiger partial charge in [0.05, 0.1) is 19.2 Å². The van der Waals surface area contributed by atoms with Crippen LogP contribution in [0.15, 0.2) is 43.0 Å². The van der Waals surface area contributed by atoms with Gasteiger partial charge in [-0.15, -0.1) is 0 Å². The molecule has 0 amide bonds. The maximum absolute atomic E-state index is 5.97. The van der Waals surface area contributed by atoms with Gasteiger partial charge in [-0.1, -0.05) is 53.5 Å². The van der Waals surface area contributed by atoms with Gasteiger partial charge in [0.1, 0.15) is 11.0 Å². The van der Waals surface area contributed by atoms with Gasteiger partial charge in [-0.3, -0.25) is 0 Å². The van der Waals surface area contributed by atoms with Crippen LogP contribution in [0.3, 0.4) is 0 Å². The molecule has 0 saturated heterocycles. The fourth-order valence-electron chi connectivity index (χ4n) is 2.55. The van der Waals surface area contributed by atoms with E-state index in [0.717, 1.165) is 5.56 Å². The van der Waals surface area contributed by atoms with E-state index in [1.54, 1.807) is 6.33 Å². The monoisotopic (exact) mass is 466 g/mol. The number of rotatable bonds is 2. The van der Waals surface area contributed by atoms with Gasteiger partial charge in [-0.25, -0.2) is 19.9 Å². The third-order valence-corrected chi connectivity index (χ3v) is 4.68. The summed E-state index contributed by atoms with van der Waals surface area (Å²) in [5.41, 5.74) is 3.45. The molecule has 5 aromatic rings. The van der Waals surface area contributed by atoms with Crippen LogP contribution in [-0.2, 0) is 6.54 Å². The molecule has 0 bridgehead atoms. The Morgan fingerprint density at radius 2 is 1.55 bits per heavy atom. The summed E-state index contributed by atoms with van der Waals surface area (Å²) in [5, 5.41) is 0.797. The summed E-state index contributed by atoms with van der Waals surface area (Å²) in [6, 6.07) is 10.0. The molecule has 4 aromatic heterocycles. The Morgan fingerprint density at radius 1 is 0.828 bits per heavy atom. The number of aromatic amines is 1. The van der Waals surface area contributed by atoms with Crippen molar-refractivity contribution >= 4 is 68.7 Å². The Balaban J connectivity index is 0.000000159. The SMILES string of the molecule is Clc1nc(Cl)c2[nH]cnc2n1.Clc1nc(Cl)c2ncn(Cc3ccccc3)c2n1. The maximum Gasteiger partial charge on any atom is 0.225 e. The molecule has 4 heterocycles. The van der Waals surface area contributed by atoms with Crippen molar-refractivity contribution in [3.05, 3.63) is 69.4 Å². The van der Waals surface area contributed by atoms with Gasteiger partial charge in [-0.2, -0.15) is 9.97 Å². The fraction of sp³-hybridized carbons (Fsp3) is 0.0588. The molecule has 1 aromatic carbocycles. The smallest absolute Gasteiger partial charge is 0.225 e. The van der Waals surface area contributed by atoms with Gasteiger partial charge < -0.3 is 9.55 Å². The number of aromatic nitrogens is 8. The molecular formula is C17H10Cl4N8. The summed E-state index contributed by atoms with van der Waals surface area (Å²) in [4.78, 5) is 26.4. The van der Waals surface area contributed by atoms with Gasteiger partial charge in [0.25, 0.3) is 0 Å². The summed E-state index contributed by atoms with van der Waals surface area (Å²) in [6.07, 6.45) is 3.18. The van der Waals surface area contributed by atoms with Gasteiger partial charge in [-0.05, 0) is 28.8 Å². The second kappa shape index (κ2) is 8.46. The van der Waals surface area contributed by atoms with E-state index in [4.69, 9.17) is 46.4 Å². The van der Waals surface area contributed by atoms with E-state index in [0.29, 0.717) is 28.9 Å². The Hall–Kier alpha value is -2.52. The highest BCUT2D eigenvalue weighted by molar-refractivity contribution is 6.35. The largest absolute Gasteiger partial charge is 0.341 e. The number of fused-ring (bicyclic) bond motifs is 2. The van der Waals surface area contributed by atoms with Crippen molar-refractivity contribution in [1.29, 1.82) is 0 Å². The highest BCUT2D eigenvalue weighted by Gasteiger charge is 2.11. The molecule has 0 radical (unpaired) electrons. The first kappa shape index (κ1) is 19.8. The highest BCUT2D eigenvalue weighted by Crippen LogP contribution is 2.21. The van der Waals surface area contributed by atoms with Crippen LogP contribution in [0.25, 0.3) is 22.3 Å². The summed E-state index contributed by atoms with van der Waals surface area (Å²) in [6.45, 7) is 0.668. The zero-order valence-corrected chi connectivity index (χ0v) is 17.4. The van der Waals surface area contributed by atoms with E-state index in [-0.39, 0.29) is 20.9 Å². The summed E-state index contributed by atoms with van der Waals surface area (Å²) in [5.74, 6) is 0. The Kier molecular flexibility index (Phi) is 5.77. The highest BCUT2D eigenvalue weighted by atomic mass is 35.5. The summed E-state index contributed by atoms with van der Waals surface area (Å²) >= 11 is 23.0. The first-order valence-electron chi connectivity index (χ1n) is 8.11. The molecule has 0 fully saturated rings. The second-order valence-corrected chi connectivity index (χ2v) is 7.09. The fourth-order valence-corrected chi connectivity index (χ4v) is 3.40. The number of hydrogen-bond acceptors (Lipinski definition) is 6. The third kappa shape index (κ3) is 4.40. The zero-order chi connectivity index (χ0) is 20.4. The average molecular weight is 468 g/mol. The van der Waals surface area contributed by atoms with E-state index < -0.39 is 0 Å². The lowest BCUT2D eigenvalue weighted by molar-refractivity contribution is 0.813.